The van der Waals surface area contributed by atoms with Crippen LogP contribution in [0.2, 0.25) is 5.02 Å². The van der Waals surface area contributed by atoms with E-state index in [2.05, 4.69) is 0 Å². The highest BCUT2D eigenvalue weighted by atomic mass is 35.6. The van der Waals surface area contributed by atoms with E-state index in [1.807, 2.05) is 12.1 Å². The second-order valence-corrected chi connectivity index (χ2v) is 6.17. The van der Waals surface area contributed by atoms with Gasteiger partial charge in [-0.15, -0.1) is 11.6 Å². The van der Waals surface area contributed by atoms with Gasteiger partial charge in [-0.2, -0.15) is 0 Å². The lowest BCUT2D eigenvalue weighted by molar-refractivity contribution is 0.862. The van der Waals surface area contributed by atoms with Crippen LogP contribution in [0.3, 0.4) is 0 Å². The SMILES string of the molecule is Clc1ccc(CC(Cl)C(Cl)(Cl)Cl)cc1. The van der Waals surface area contributed by atoms with Crippen LogP contribution < -0.4 is 0 Å². The van der Waals surface area contributed by atoms with Gasteiger partial charge in [-0.25, -0.2) is 0 Å². The van der Waals surface area contributed by atoms with Gasteiger partial charge in [0.05, 0.1) is 5.38 Å². The molecule has 1 aromatic rings. The summed E-state index contributed by atoms with van der Waals surface area (Å²) in [5, 5.41) is 0.127. The molecule has 1 atom stereocenters. The molecule has 0 heterocycles. The van der Waals surface area contributed by atoms with E-state index in [1.165, 1.54) is 0 Å². The molecule has 5 heteroatoms. The predicted molar refractivity (Wildman–Crippen MR) is 65.1 cm³/mol. The number of benzene rings is 1. The number of hydrogen-bond donors (Lipinski definition) is 0. The molecule has 0 fully saturated rings. The fourth-order valence-electron chi connectivity index (χ4n) is 0.943. The van der Waals surface area contributed by atoms with Crippen LogP contribution in [-0.2, 0) is 6.42 Å². The Balaban J connectivity index is 2.65. The summed E-state index contributed by atoms with van der Waals surface area (Å²) in [4.78, 5) is 0. The molecule has 0 saturated heterocycles. The van der Waals surface area contributed by atoms with Crippen molar-refractivity contribution in [3.05, 3.63) is 34.9 Å². The van der Waals surface area contributed by atoms with E-state index in [9.17, 15) is 0 Å². The van der Waals surface area contributed by atoms with Crippen LogP contribution >= 0.6 is 58.0 Å². The molecule has 0 aromatic heterocycles. The fraction of sp³-hybridized carbons (Fsp3) is 0.333. The standard InChI is InChI=1S/C9H7Cl5/c10-7-3-1-6(2-4-7)5-8(11)9(12,13)14/h1-4,8H,5H2. The van der Waals surface area contributed by atoms with Crippen LogP contribution in [0.1, 0.15) is 5.56 Å². The van der Waals surface area contributed by atoms with Crippen molar-refractivity contribution in [1.82, 2.24) is 0 Å². The van der Waals surface area contributed by atoms with Crippen molar-refractivity contribution < 1.29 is 0 Å². The van der Waals surface area contributed by atoms with E-state index in [-0.39, 0.29) is 0 Å². The quantitative estimate of drug-likeness (QED) is 0.683. The molecule has 1 aromatic carbocycles. The predicted octanol–water partition coefficient (Wildman–Crippen LogP) is 4.86. The molecule has 1 unspecified atom stereocenters. The van der Waals surface area contributed by atoms with Crippen LogP contribution in [0.5, 0.6) is 0 Å². The molecule has 0 aliphatic heterocycles. The van der Waals surface area contributed by atoms with Crippen LogP contribution in [-0.4, -0.2) is 9.17 Å². The van der Waals surface area contributed by atoms with Crippen molar-refractivity contribution in [1.29, 1.82) is 0 Å². The first-order valence-electron chi connectivity index (χ1n) is 3.85. The zero-order chi connectivity index (χ0) is 10.8. The van der Waals surface area contributed by atoms with Gasteiger partial charge in [-0.3, -0.25) is 0 Å². The summed E-state index contributed by atoms with van der Waals surface area (Å²) in [6, 6.07) is 7.26. The van der Waals surface area contributed by atoms with Gasteiger partial charge in [0.1, 0.15) is 0 Å². The topological polar surface area (TPSA) is 0 Å². The van der Waals surface area contributed by atoms with E-state index in [4.69, 9.17) is 58.0 Å². The molecule has 0 saturated carbocycles. The molecular formula is C9H7Cl5. The number of rotatable bonds is 2. The molecule has 0 amide bonds. The van der Waals surface area contributed by atoms with Crippen molar-refractivity contribution in [3.63, 3.8) is 0 Å². The second kappa shape index (κ2) is 5.14. The molecule has 0 bridgehead atoms. The first-order valence-corrected chi connectivity index (χ1v) is 5.79. The summed E-state index contributed by atoms with van der Waals surface area (Å²) in [6.07, 6.45) is 0.495. The van der Waals surface area contributed by atoms with Gasteiger partial charge in [0.15, 0.2) is 0 Å². The van der Waals surface area contributed by atoms with Crippen molar-refractivity contribution in [2.75, 3.05) is 0 Å². The normalized spacial score (nSPS) is 14.1. The summed E-state index contributed by atoms with van der Waals surface area (Å²) < 4.78 is -1.44. The van der Waals surface area contributed by atoms with E-state index in [0.29, 0.717) is 11.4 Å². The van der Waals surface area contributed by atoms with Gasteiger partial charge in [0.2, 0.25) is 3.79 Å². The van der Waals surface area contributed by atoms with Gasteiger partial charge in [-0.05, 0) is 24.1 Å². The molecule has 0 aliphatic rings. The third-order valence-corrected chi connectivity index (χ3v) is 3.54. The maximum absolute atomic E-state index is 5.90. The van der Waals surface area contributed by atoms with Gasteiger partial charge >= 0.3 is 0 Å². The van der Waals surface area contributed by atoms with E-state index < -0.39 is 9.17 Å². The third kappa shape index (κ3) is 4.04. The molecule has 0 N–H and O–H groups in total. The summed E-state index contributed by atoms with van der Waals surface area (Å²) in [7, 11) is 0. The monoisotopic (exact) mass is 290 g/mol. The summed E-state index contributed by atoms with van der Waals surface area (Å²) in [6.45, 7) is 0. The van der Waals surface area contributed by atoms with Gasteiger partial charge in [0, 0.05) is 5.02 Å². The highest BCUT2D eigenvalue weighted by molar-refractivity contribution is 6.70. The molecule has 0 nitrogen and oxygen atoms in total. The minimum atomic E-state index is -1.44. The molecule has 0 spiro atoms. The Hall–Kier alpha value is 0.670. The Morgan fingerprint density at radius 1 is 1.07 bits per heavy atom. The molecule has 78 valence electrons. The zero-order valence-electron chi connectivity index (χ0n) is 6.98. The third-order valence-electron chi connectivity index (χ3n) is 1.68. The lowest BCUT2D eigenvalue weighted by atomic mass is 10.1. The van der Waals surface area contributed by atoms with Crippen LogP contribution in [0.25, 0.3) is 0 Å². The molecule has 14 heavy (non-hydrogen) atoms. The second-order valence-electron chi connectivity index (χ2n) is 2.84. The Labute approximate surface area is 108 Å². The molecule has 1 rings (SSSR count). The first-order chi connectivity index (χ1) is 6.39. The first kappa shape index (κ1) is 12.7. The lowest BCUT2D eigenvalue weighted by Gasteiger charge is -2.17. The fourth-order valence-corrected chi connectivity index (χ4v) is 1.48. The lowest BCUT2D eigenvalue weighted by Crippen LogP contribution is -2.21. The smallest absolute Gasteiger partial charge is 0.118 e. The zero-order valence-corrected chi connectivity index (χ0v) is 10.8. The minimum absolute atomic E-state index is 0.495. The van der Waals surface area contributed by atoms with E-state index in [0.717, 1.165) is 5.56 Å². The maximum atomic E-state index is 5.90. The highest BCUT2D eigenvalue weighted by Crippen LogP contribution is 2.35. The van der Waals surface area contributed by atoms with Crippen molar-refractivity contribution in [2.24, 2.45) is 0 Å². The summed E-state index contributed by atoms with van der Waals surface area (Å²) in [5.41, 5.74) is 0.987. The molecule has 0 radical (unpaired) electrons. The van der Waals surface area contributed by atoms with Crippen molar-refractivity contribution in [3.8, 4) is 0 Å². The molecular weight excluding hydrogens is 285 g/mol. The number of halogens is 5. The van der Waals surface area contributed by atoms with Crippen LogP contribution in [0.15, 0.2) is 24.3 Å². The van der Waals surface area contributed by atoms with Crippen molar-refractivity contribution >= 4 is 58.0 Å². The maximum Gasteiger partial charge on any atom is 0.207 e. The Bertz CT molecular complexity index is 287. The van der Waals surface area contributed by atoms with Crippen molar-refractivity contribution in [2.45, 2.75) is 15.6 Å². The van der Waals surface area contributed by atoms with E-state index >= 15 is 0 Å². The highest BCUT2D eigenvalue weighted by Gasteiger charge is 2.30. The largest absolute Gasteiger partial charge is 0.207 e. The summed E-state index contributed by atoms with van der Waals surface area (Å²) >= 11 is 28.5. The average Bonchev–Trinajstić information content (AvgIpc) is 2.07. The van der Waals surface area contributed by atoms with Gasteiger partial charge in [-0.1, -0.05) is 58.5 Å². The summed E-state index contributed by atoms with van der Waals surface area (Å²) in [5.74, 6) is 0. The number of alkyl halides is 4. The minimum Gasteiger partial charge on any atom is -0.118 e. The van der Waals surface area contributed by atoms with Crippen LogP contribution in [0, 0.1) is 0 Å². The molecule has 0 aliphatic carbocycles. The van der Waals surface area contributed by atoms with E-state index in [1.54, 1.807) is 12.1 Å². The van der Waals surface area contributed by atoms with Gasteiger partial charge < -0.3 is 0 Å². The Morgan fingerprint density at radius 3 is 2.00 bits per heavy atom. The Kier molecular flexibility index (Phi) is 4.67. The Morgan fingerprint density at radius 2 is 1.57 bits per heavy atom. The number of hydrogen-bond acceptors (Lipinski definition) is 0. The van der Waals surface area contributed by atoms with Crippen LogP contribution in [0.4, 0.5) is 0 Å². The van der Waals surface area contributed by atoms with Gasteiger partial charge in [0.25, 0.3) is 0 Å². The average molecular weight is 292 g/mol.